The van der Waals surface area contributed by atoms with Crippen molar-refractivity contribution < 1.29 is 14.3 Å². The van der Waals surface area contributed by atoms with E-state index in [-0.39, 0.29) is 6.09 Å². The van der Waals surface area contributed by atoms with E-state index in [0.717, 1.165) is 10.3 Å². The molecule has 0 bridgehead atoms. The molecule has 20 heavy (non-hydrogen) atoms. The van der Waals surface area contributed by atoms with E-state index in [9.17, 15) is 4.79 Å². The van der Waals surface area contributed by atoms with Crippen LogP contribution in [0.5, 0.6) is 0 Å². The number of halogens is 1. The SMILES string of the molecule is COCCN(Cc1cccc(Br)n1)C(=O)OC(C)(C)C. The maximum atomic E-state index is 12.2. The van der Waals surface area contributed by atoms with Crippen LogP contribution in [0.15, 0.2) is 22.8 Å². The fraction of sp³-hybridized carbons (Fsp3) is 0.571. The number of rotatable bonds is 5. The molecule has 0 aromatic carbocycles. The number of amides is 1. The highest BCUT2D eigenvalue weighted by molar-refractivity contribution is 9.10. The van der Waals surface area contributed by atoms with Crippen molar-refractivity contribution in [3.05, 3.63) is 28.5 Å². The lowest BCUT2D eigenvalue weighted by molar-refractivity contribution is 0.0181. The summed E-state index contributed by atoms with van der Waals surface area (Å²) in [5.74, 6) is 0. The van der Waals surface area contributed by atoms with Gasteiger partial charge < -0.3 is 9.47 Å². The molecule has 1 rings (SSSR count). The van der Waals surface area contributed by atoms with Gasteiger partial charge in [0, 0.05) is 13.7 Å². The molecule has 0 unspecified atom stereocenters. The van der Waals surface area contributed by atoms with E-state index in [4.69, 9.17) is 9.47 Å². The number of carbonyl (C=O) groups excluding carboxylic acids is 1. The van der Waals surface area contributed by atoms with Gasteiger partial charge in [0.15, 0.2) is 0 Å². The number of hydrogen-bond acceptors (Lipinski definition) is 4. The Bertz CT molecular complexity index is 446. The normalized spacial score (nSPS) is 11.2. The molecule has 0 fully saturated rings. The molecule has 0 atom stereocenters. The first-order chi connectivity index (χ1) is 9.31. The summed E-state index contributed by atoms with van der Waals surface area (Å²) >= 11 is 3.32. The molecular weight excluding hydrogens is 324 g/mol. The summed E-state index contributed by atoms with van der Waals surface area (Å²) in [5, 5.41) is 0. The highest BCUT2D eigenvalue weighted by atomic mass is 79.9. The third-order valence-electron chi connectivity index (χ3n) is 2.34. The van der Waals surface area contributed by atoms with Gasteiger partial charge in [0.1, 0.15) is 10.2 Å². The number of aromatic nitrogens is 1. The van der Waals surface area contributed by atoms with Crippen LogP contribution in [0.1, 0.15) is 26.5 Å². The molecule has 0 radical (unpaired) electrons. The van der Waals surface area contributed by atoms with Crippen molar-refractivity contribution in [3.8, 4) is 0 Å². The number of nitrogens with zero attached hydrogens (tertiary/aromatic N) is 2. The summed E-state index contributed by atoms with van der Waals surface area (Å²) in [6, 6.07) is 5.60. The molecule has 112 valence electrons. The highest BCUT2D eigenvalue weighted by Crippen LogP contribution is 2.13. The van der Waals surface area contributed by atoms with Crippen LogP contribution in [0.2, 0.25) is 0 Å². The number of hydrogen-bond donors (Lipinski definition) is 0. The first-order valence-electron chi connectivity index (χ1n) is 6.40. The molecule has 0 N–H and O–H groups in total. The molecule has 1 aromatic heterocycles. The van der Waals surface area contributed by atoms with Gasteiger partial charge in [-0.1, -0.05) is 6.07 Å². The average molecular weight is 345 g/mol. The molecule has 0 aliphatic rings. The van der Waals surface area contributed by atoms with Crippen molar-refractivity contribution in [2.75, 3.05) is 20.3 Å². The van der Waals surface area contributed by atoms with E-state index in [1.165, 1.54) is 0 Å². The first-order valence-corrected chi connectivity index (χ1v) is 7.19. The summed E-state index contributed by atoms with van der Waals surface area (Å²) in [6.07, 6.45) is -0.365. The van der Waals surface area contributed by atoms with Gasteiger partial charge in [0.2, 0.25) is 0 Å². The van der Waals surface area contributed by atoms with Crippen LogP contribution in [0.4, 0.5) is 4.79 Å². The Morgan fingerprint density at radius 3 is 2.65 bits per heavy atom. The summed E-state index contributed by atoms with van der Waals surface area (Å²) in [5.41, 5.74) is 0.272. The summed E-state index contributed by atoms with van der Waals surface area (Å²) < 4.78 is 11.2. The Balaban J connectivity index is 2.75. The van der Waals surface area contributed by atoms with Gasteiger partial charge in [0.25, 0.3) is 0 Å². The van der Waals surface area contributed by atoms with Gasteiger partial charge in [-0.25, -0.2) is 9.78 Å². The molecule has 0 aliphatic heterocycles. The van der Waals surface area contributed by atoms with E-state index in [0.29, 0.717) is 19.7 Å². The van der Waals surface area contributed by atoms with E-state index in [1.54, 1.807) is 12.0 Å². The molecule has 0 saturated heterocycles. The Morgan fingerprint density at radius 1 is 1.40 bits per heavy atom. The highest BCUT2D eigenvalue weighted by Gasteiger charge is 2.22. The Kier molecular flexibility index (Phi) is 6.42. The van der Waals surface area contributed by atoms with Crippen molar-refractivity contribution in [2.45, 2.75) is 32.9 Å². The largest absolute Gasteiger partial charge is 0.444 e. The minimum absolute atomic E-state index is 0.365. The predicted molar refractivity (Wildman–Crippen MR) is 80.5 cm³/mol. The fourth-order valence-corrected chi connectivity index (χ4v) is 1.88. The van der Waals surface area contributed by atoms with Gasteiger partial charge in [0.05, 0.1) is 18.8 Å². The third kappa shape index (κ3) is 6.34. The second-order valence-electron chi connectivity index (χ2n) is 5.35. The Labute approximate surface area is 128 Å². The van der Waals surface area contributed by atoms with Crippen molar-refractivity contribution in [1.82, 2.24) is 9.88 Å². The topological polar surface area (TPSA) is 51.7 Å². The van der Waals surface area contributed by atoms with Crippen LogP contribution in [0.3, 0.4) is 0 Å². The molecule has 0 spiro atoms. The first kappa shape index (κ1) is 16.9. The van der Waals surface area contributed by atoms with E-state index < -0.39 is 5.60 Å². The van der Waals surface area contributed by atoms with E-state index >= 15 is 0 Å². The molecule has 0 saturated carbocycles. The second kappa shape index (κ2) is 7.59. The summed E-state index contributed by atoms with van der Waals surface area (Å²) in [4.78, 5) is 18.1. The van der Waals surface area contributed by atoms with Gasteiger partial charge in [-0.15, -0.1) is 0 Å². The van der Waals surface area contributed by atoms with Crippen LogP contribution in [-0.4, -0.2) is 41.8 Å². The van der Waals surface area contributed by atoms with Gasteiger partial charge in [-0.05, 0) is 48.8 Å². The third-order valence-corrected chi connectivity index (χ3v) is 2.78. The molecule has 0 aliphatic carbocycles. The smallest absolute Gasteiger partial charge is 0.410 e. The number of methoxy groups -OCH3 is 1. The molecule has 6 heteroatoms. The van der Waals surface area contributed by atoms with Crippen LogP contribution >= 0.6 is 15.9 Å². The van der Waals surface area contributed by atoms with Crippen LogP contribution in [0, 0.1) is 0 Å². The van der Waals surface area contributed by atoms with E-state index in [2.05, 4.69) is 20.9 Å². The zero-order chi connectivity index (χ0) is 15.2. The summed E-state index contributed by atoms with van der Waals surface area (Å²) in [7, 11) is 1.60. The number of carbonyl (C=O) groups is 1. The lowest BCUT2D eigenvalue weighted by atomic mass is 10.2. The van der Waals surface area contributed by atoms with Gasteiger partial charge in [-0.3, -0.25) is 4.90 Å². The van der Waals surface area contributed by atoms with Crippen molar-refractivity contribution in [2.24, 2.45) is 0 Å². The zero-order valence-electron chi connectivity index (χ0n) is 12.4. The Hall–Kier alpha value is -1.14. The van der Waals surface area contributed by atoms with Gasteiger partial charge in [-0.2, -0.15) is 0 Å². The number of ether oxygens (including phenoxy) is 2. The summed E-state index contributed by atoms with van der Waals surface area (Å²) in [6.45, 7) is 6.83. The molecule has 1 heterocycles. The zero-order valence-corrected chi connectivity index (χ0v) is 13.9. The van der Waals surface area contributed by atoms with Crippen molar-refractivity contribution in [1.29, 1.82) is 0 Å². The van der Waals surface area contributed by atoms with E-state index in [1.807, 2.05) is 39.0 Å². The van der Waals surface area contributed by atoms with Crippen LogP contribution < -0.4 is 0 Å². The maximum Gasteiger partial charge on any atom is 0.410 e. The van der Waals surface area contributed by atoms with Gasteiger partial charge >= 0.3 is 6.09 Å². The fourth-order valence-electron chi connectivity index (χ4n) is 1.50. The minimum Gasteiger partial charge on any atom is -0.444 e. The standard InChI is InChI=1S/C14H21BrN2O3/c1-14(2,3)20-13(18)17(8-9-19-4)10-11-6-5-7-12(15)16-11/h5-7H,8-10H2,1-4H3. The molecule has 1 amide bonds. The second-order valence-corrected chi connectivity index (χ2v) is 6.16. The van der Waals surface area contributed by atoms with Crippen LogP contribution in [-0.2, 0) is 16.0 Å². The quantitative estimate of drug-likeness (QED) is 0.769. The Morgan fingerprint density at radius 2 is 2.10 bits per heavy atom. The van der Waals surface area contributed by atoms with Crippen molar-refractivity contribution in [3.63, 3.8) is 0 Å². The molecule has 5 nitrogen and oxygen atoms in total. The van der Waals surface area contributed by atoms with Crippen LogP contribution in [0.25, 0.3) is 0 Å². The maximum absolute atomic E-state index is 12.2. The number of pyridine rings is 1. The monoisotopic (exact) mass is 344 g/mol. The average Bonchev–Trinajstić information content (AvgIpc) is 2.32. The van der Waals surface area contributed by atoms with Crippen molar-refractivity contribution >= 4 is 22.0 Å². The lowest BCUT2D eigenvalue weighted by Crippen LogP contribution is -2.38. The minimum atomic E-state index is -0.521. The predicted octanol–water partition coefficient (Wildman–Crippen LogP) is 3.23. The molecule has 1 aromatic rings. The lowest BCUT2D eigenvalue weighted by Gasteiger charge is -2.27. The molecular formula is C14H21BrN2O3.